The van der Waals surface area contributed by atoms with Crippen LogP contribution in [0.25, 0.3) is 0 Å². The summed E-state index contributed by atoms with van der Waals surface area (Å²) in [6.07, 6.45) is 0. The maximum Gasteiger partial charge on any atom is 0.320 e. The first-order chi connectivity index (χ1) is 10.0. The zero-order chi connectivity index (χ0) is 15.4. The van der Waals surface area contributed by atoms with Gasteiger partial charge < -0.3 is 5.11 Å². The number of halogens is 1. The first-order valence-corrected chi connectivity index (χ1v) is 6.89. The van der Waals surface area contributed by atoms with Crippen LogP contribution in [-0.4, -0.2) is 53.1 Å². The highest BCUT2D eigenvalue weighted by molar-refractivity contribution is 5.72. The van der Waals surface area contributed by atoms with Crippen LogP contribution >= 0.6 is 0 Å². The monoisotopic (exact) mass is 291 g/mol. The Morgan fingerprint density at radius 3 is 2.67 bits per heavy atom. The topological polar surface area (TPSA) is 67.6 Å². The number of carboxylic acids is 1. The standard InChI is InChI=1S/C15H18FN3O2/c1-11(15(20)21)19-7-5-18(6-8-19)10-13-4-2-3-12(9-17)14(13)16/h2-4,11H,5-8,10H2,1H3,(H,20,21). The summed E-state index contributed by atoms with van der Waals surface area (Å²) in [6.45, 7) is 4.78. The molecule has 21 heavy (non-hydrogen) atoms. The molecule has 2 rings (SSSR count). The predicted octanol–water partition coefficient (Wildman–Crippen LogP) is 1.29. The average Bonchev–Trinajstić information content (AvgIpc) is 2.49. The lowest BCUT2D eigenvalue weighted by Crippen LogP contribution is -2.51. The average molecular weight is 291 g/mol. The number of piperazine rings is 1. The Balaban J connectivity index is 1.95. The van der Waals surface area contributed by atoms with E-state index in [1.54, 1.807) is 19.1 Å². The Kier molecular flexibility index (Phi) is 4.89. The summed E-state index contributed by atoms with van der Waals surface area (Å²) < 4.78 is 14.0. The number of hydrogen-bond donors (Lipinski definition) is 1. The van der Waals surface area contributed by atoms with Crippen LogP contribution in [0.5, 0.6) is 0 Å². The van der Waals surface area contributed by atoms with Crippen molar-refractivity contribution in [1.29, 1.82) is 5.26 Å². The van der Waals surface area contributed by atoms with Crippen molar-refractivity contribution in [3.63, 3.8) is 0 Å². The lowest BCUT2D eigenvalue weighted by Gasteiger charge is -2.36. The molecule has 0 aromatic heterocycles. The van der Waals surface area contributed by atoms with E-state index in [0.29, 0.717) is 38.3 Å². The highest BCUT2D eigenvalue weighted by atomic mass is 19.1. The van der Waals surface area contributed by atoms with E-state index >= 15 is 0 Å². The minimum Gasteiger partial charge on any atom is -0.480 e. The minimum absolute atomic E-state index is 0.0608. The fraction of sp³-hybridized carbons (Fsp3) is 0.467. The quantitative estimate of drug-likeness (QED) is 0.905. The van der Waals surface area contributed by atoms with Crippen LogP contribution in [0.4, 0.5) is 4.39 Å². The fourth-order valence-electron chi connectivity index (χ4n) is 2.49. The van der Waals surface area contributed by atoms with Gasteiger partial charge in [-0.15, -0.1) is 0 Å². The van der Waals surface area contributed by atoms with Gasteiger partial charge in [-0.1, -0.05) is 12.1 Å². The summed E-state index contributed by atoms with van der Waals surface area (Å²) in [5.74, 6) is -1.28. The molecule has 1 fully saturated rings. The number of carboxylic acid groups (broad SMARTS) is 1. The lowest BCUT2D eigenvalue weighted by molar-refractivity contribution is -0.143. The first-order valence-electron chi connectivity index (χ1n) is 6.89. The van der Waals surface area contributed by atoms with Crippen LogP contribution in [0.15, 0.2) is 18.2 Å². The normalized spacial score (nSPS) is 18.1. The smallest absolute Gasteiger partial charge is 0.320 e. The fourth-order valence-corrected chi connectivity index (χ4v) is 2.49. The van der Waals surface area contributed by atoms with E-state index in [2.05, 4.69) is 4.90 Å². The molecule has 1 N–H and O–H groups in total. The van der Waals surface area contributed by atoms with E-state index in [1.165, 1.54) is 6.07 Å². The van der Waals surface area contributed by atoms with Crippen LogP contribution in [-0.2, 0) is 11.3 Å². The number of benzene rings is 1. The Bertz CT molecular complexity index is 563. The number of carbonyl (C=O) groups is 1. The van der Waals surface area contributed by atoms with Crippen molar-refractivity contribution in [2.75, 3.05) is 26.2 Å². The SMILES string of the molecule is CC(C(=O)O)N1CCN(Cc2cccc(C#N)c2F)CC1. The van der Waals surface area contributed by atoms with Gasteiger partial charge in [0.2, 0.25) is 0 Å². The van der Waals surface area contributed by atoms with Gasteiger partial charge in [0.25, 0.3) is 0 Å². The second-order valence-electron chi connectivity index (χ2n) is 5.22. The van der Waals surface area contributed by atoms with E-state index in [0.717, 1.165) is 0 Å². The molecule has 1 saturated heterocycles. The first kappa shape index (κ1) is 15.4. The number of aliphatic carboxylic acids is 1. The van der Waals surface area contributed by atoms with E-state index < -0.39 is 17.8 Å². The lowest BCUT2D eigenvalue weighted by atomic mass is 10.1. The second kappa shape index (κ2) is 6.66. The molecule has 1 aromatic carbocycles. The van der Waals surface area contributed by atoms with Crippen molar-refractivity contribution in [3.05, 3.63) is 35.1 Å². The van der Waals surface area contributed by atoms with Gasteiger partial charge in [0.1, 0.15) is 17.9 Å². The van der Waals surface area contributed by atoms with Crippen LogP contribution in [0.2, 0.25) is 0 Å². The van der Waals surface area contributed by atoms with Crippen LogP contribution < -0.4 is 0 Å². The molecule has 1 unspecified atom stereocenters. The molecule has 1 aliphatic heterocycles. The van der Waals surface area contributed by atoms with Gasteiger partial charge in [-0.05, 0) is 13.0 Å². The Labute approximate surface area is 123 Å². The molecule has 1 aromatic rings. The maximum atomic E-state index is 14.0. The zero-order valence-corrected chi connectivity index (χ0v) is 11.9. The largest absolute Gasteiger partial charge is 0.480 e. The van der Waals surface area contributed by atoms with E-state index in [-0.39, 0.29) is 5.56 Å². The molecule has 0 amide bonds. The summed E-state index contributed by atoms with van der Waals surface area (Å²) in [5.41, 5.74) is 0.569. The van der Waals surface area contributed by atoms with Crippen molar-refractivity contribution in [3.8, 4) is 6.07 Å². The van der Waals surface area contributed by atoms with Crippen LogP contribution in [0, 0.1) is 17.1 Å². The van der Waals surface area contributed by atoms with Crippen molar-refractivity contribution >= 4 is 5.97 Å². The summed E-state index contributed by atoms with van der Waals surface area (Å²) in [7, 11) is 0. The van der Waals surface area contributed by atoms with Gasteiger partial charge in [-0.25, -0.2) is 4.39 Å². The maximum absolute atomic E-state index is 14.0. The van der Waals surface area contributed by atoms with E-state index in [1.807, 2.05) is 11.0 Å². The zero-order valence-electron chi connectivity index (χ0n) is 11.9. The molecule has 6 heteroatoms. The van der Waals surface area contributed by atoms with Crippen LogP contribution in [0.3, 0.4) is 0 Å². The van der Waals surface area contributed by atoms with Gasteiger partial charge in [0.15, 0.2) is 0 Å². The Morgan fingerprint density at radius 2 is 2.10 bits per heavy atom. The van der Waals surface area contributed by atoms with E-state index in [9.17, 15) is 9.18 Å². The summed E-state index contributed by atoms with van der Waals surface area (Å²) >= 11 is 0. The molecular weight excluding hydrogens is 273 g/mol. The van der Waals surface area contributed by atoms with Gasteiger partial charge in [0.05, 0.1) is 5.56 Å². The molecule has 112 valence electrons. The molecule has 1 heterocycles. The molecule has 0 spiro atoms. The van der Waals surface area contributed by atoms with Crippen molar-refractivity contribution in [2.45, 2.75) is 19.5 Å². The van der Waals surface area contributed by atoms with Crippen molar-refractivity contribution in [2.24, 2.45) is 0 Å². The molecular formula is C15H18FN3O2. The van der Waals surface area contributed by atoms with Gasteiger partial charge in [-0.3, -0.25) is 14.6 Å². The molecule has 1 atom stereocenters. The van der Waals surface area contributed by atoms with Gasteiger partial charge in [-0.2, -0.15) is 5.26 Å². The molecule has 0 radical (unpaired) electrons. The highest BCUT2D eigenvalue weighted by Crippen LogP contribution is 2.16. The predicted molar refractivity (Wildman–Crippen MR) is 75.1 cm³/mol. The molecule has 0 saturated carbocycles. The summed E-state index contributed by atoms with van der Waals surface area (Å²) in [6, 6.07) is 6.17. The highest BCUT2D eigenvalue weighted by Gasteiger charge is 2.25. The Morgan fingerprint density at radius 1 is 1.43 bits per heavy atom. The second-order valence-corrected chi connectivity index (χ2v) is 5.22. The number of nitrogens with zero attached hydrogens (tertiary/aromatic N) is 3. The summed E-state index contributed by atoms with van der Waals surface area (Å²) in [4.78, 5) is 14.9. The van der Waals surface area contributed by atoms with Gasteiger partial charge >= 0.3 is 5.97 Å². The minimum atomic E-state index is -0.823. The van der Waals surface area contributed by atoms with Gasteiger partial charge in [0, 0.05) is 38.3 Å². The third-order valence-corrected chi connectivity index (χ3v) is 3.91. The third-order valence-electron chi connectivity index (χ3n) is 3.91. The molecule has 5 nitrogen and oxygen atoms in total. The van der Waals surface area contributed by atoms with Crippen LogP contribution in [0.1, 0.15) is 18.1 Å². The third kappa shape index (κ3) is 3.57. The molecule has 0 aliphatic carbocycles. The van der Waals surface area contributed by atoms with E-state index in [4.69, 9.17) is 10.4 Å². The number of hydrogen-bond acceptors (Lipinski definition) is 4. The Hall–Kier alpha value is -1.97. The molecule has 1 aliphatic rings. The number of nitriles is 1. The molecule has 0 bridgehead atoms. The van der Waals surface area contributed by atoms with Crippen molar-refractivity contribution in [1.82, 2.24) is 9.80 Å². The van der Waals surface area contributed by atoms with Crippen molar-refractivity contribution < 1.29 is 14.3 Å². The number of rotatable bonds is 4. The summed E-state index contributed by atoms with van der Waals surface area (Å²) in [5, 5.41) is 17.8.